The van der Waals surface area contributed by atoms with Gasteiger partial charge in [0.15, 0.2) is 11.4 Å². The Labute approximate surface area is 196 Å². The molecule has 4 heterocycles. The summed E-state index contributed by atoms with van der Waals surface area (Å²) in [6.45, 7) is 1.31. The van der Waals surface area contributed by atoms with Crippen molar-refractivity contribution in [2.24, 2.45) is 0 Å². The maximum atomic E-state index is 13.7. The summed E-state index contributed by atoms with van der Waals surface area (Å²) in [5.41, 5.74) is 3.06. The quantitative estimate of drug-likeness (QED) is 0.383. The van der Waals surface area contributed by atoms with Gasteiger partial charge in [-0.15, -0.1) is 10.2 Å². The van der Waals surface area contributed by atoms with Crippen LogP contribution < -0.4 is 0 Å². The second kappa shape index (κ2) is 8.59. The summed E-state index contributed by atoms with van der Waals surface area (Å²) in [6.07, 6.45) is 5.58. The summed E-state index contributed by atoms with van der Waals surface area (Å²) >= 11 is 0. The van der Waals surface area contributed by atoms with Crippen LogP contribution in [-0.4, -0.2) is 43.5 Å². The third-order valence-corrected chi connectivity index (χ3v) is 6.37. The van der Waals surface area contributed by atoms with Crippen LogP contribution in [-0.2, 0) is 0 Å². The second-order valence-corrected chi connectivity index (χ2v) is 8.52. The average Bonchev–Trinajstić information content (AvgIpc) is 3.57. The maximum Gasteiger partial charge on any atom is 0.254 e. The Bertz CT molecular complexity index is 1460. The zero-order valence-electron chi connectivity index (χ0n) is 18.5. The van der Waals surface area contributed by atoms with Gasteiger partial charge in [0.1, 0.15) is 5.82 Å². The van der Waals surface area contributed by atoms with E-state index < -0.39 is 0 Å². The number of fused-ring (bicyclic) bond motifs is 1. The number of rotatable bonds is 4. The van der Waals surface area contributed by atoms with Crippen LogP contribution in [0.4, 0.5) is 0 Å². The van der Waals surface area contributed by atoms with E-state index in [1.807, 2.05) is 88.3 Å². The number of hydrogen-bond acceptors (Lipinski definition) is 5. The number of aromatic nitrogens is 4. The second-order valence-electron chi connectivity index (χ2n) is 8.52. The van der Waals surface area contributed by atoms with E-state index in [9.17, 15) is 4.79 Å². The first-order valence-electron chi connectivity index (χ1n) is 11.5. The molecule has 2 aromatic carbocycles. The minimum absolute atomic E-state index is 0.0198. The number of pyridine rings is 1. The van der Waals surface area contributed by atoms with Gasteiger partial charge < -0.3 is 9.32 Å². The number of amides is 1. The third-order valence-electron chi connectivity index (χ3n) is 6.37. The van der Waals surface area contributed by atoms with Crippen molar-refractivity contribution in [2.75, 3.05) is 13.1 Å². The minimum atomic E-state index is -0.0198. The number of benzene rings is 2. The van der Waals surface area contributed by atoms with Gasteiger partial charge >= 0.3 is 0 Å². The van der Waals surface area contributed by atoms with Crippen molar-refractivity contribution in [1.29, 1.82) is 0 Å². The molecular weight excluding hydrogens is 426 g/mol. The highest BCUT2D eigenvalue weighted by Gasteiger charge is 2.30. The lowest BCUT2D eigenvalue weighted by molar-refractivity contribution is 0.0704. The molecule has 0 aliphatic carbocycles. The van der Waals surface area contributed by atoms with Crippen LogP contribution in [0.15, 0.2) is 89.6 Å². The van der Waals surface area contributed by atoms with E-state index >= 15 is 0 Å². The number of carbonyl (C=O) groups excluding carboxylic acids is 1. The molecule has 0 saturated carbocycles. The highest BCUT2D eigenvalue weighted by atomic mass is 16.4. The lowest BCUT2D eigenvalue weighted by Gasteiger charge is -2.32. The van der Waals surface area contributed by atoms with Gasteiger partial charge in [-0.25, -0.2) is 4.98 Å². The van der Waals surface area contributed by atoms with E-state index in [1.54, 1.807) is 6.20 Å². The predicted octanol–water partition coefficient (Wildman–Crippen LogP) is 5.07. The number of nitrogens with zero attached hydrogens (tertiary/aromatic N) is 5. The Morgan fingerprint density at radius 2 is 1.76 bits per heavy atom. The zero-order chi connectivity index (χ0) is 22.9. The zero-order valence-corrected chi connectivity index (χ0v) is 18.5. The molecule has 168 valence electrons. The molecule has 1 aliphatic heterocycles. The van der Waals surface area contributed by atoms with Crippen molar-refractivity contribution in [1.82, 2.24) is 24.5 Å². The molecule has 0 unspecified atom stereocenters. The van der Waals surface area contributed by atoms with Crippen molar-refractivity contribution in [3.63, 3.8) is 0 Å². The SMILES string of the molecule is O=C(c1ccccc1-c1ncc(-c2ccccc2)o1)N1CCC[C@@H](c2nnc3ccccn23)C1. The highest BCUT2D eigenvalue weighted by molar-refractivity contribution is 6.00. The average molecular weight is 450 g/mol. The van der Waals surface area contributed by atoms with Crippen molar-refractivity contribution < 1.29 is 9.21 Å². The Morgan fingerprint density at radius 1 is 0.941 bits per heavy atom. The van der Waals surface area contributed by atoms with Crippen molar-refractivity contribution in [3.8, 4) is 22.8 Å². The molecule has 1 aliphatic rings. The number of likely N-dealkylation sites (tertiary alicyclic amines) is 1. The molecule has 5 aromatic rings. The number of oxazole rings is 1. The largest absolute Gasteiger partial charge is 0.436 e. The summed E-state index contributed by atoms with van der Waals surface area (Å²) < 4.78 is 8.08. The Kier molecular flexibility index (Phi) is 5.14. The first-order valence-corrected chi connectivity index (χ1v) is 11.5. The Morgan fingerprint density at radius 3 is 2.68 bits per heavy atom. The molecule has 3 aromatic heterocycles. The van der Waals surface area contributed by atoms with Crippen molar-refractivity contribution in [2.45, 2.75) is 18.8 Å². The van der Waals surface area contributed by atoms with E-state index in [1.165, 1.54) is 0 Å². The summed E-state index contributed by atoms with van der Waals surface area (Å²) in [5.74, 6) is 2.14. The van der Waals surface area contributed by atoms with E-state index in [2.05, 4.69) is 15.2 Å². The number of piperidine rings is 1. The summed E-state index contributed by atoms with van der Waals surface area (Å²) in [7, 11) is 0. The third kappa shape index (κ3) is 3.65. The fourth-order valence-electron chi connectivity index (χ4n) is 4.67. The maximum absolute atomic E-state index is 13.7. The molecule has 6 rings (SSSR count). The highest BCUT2D eigenvalue weighted by Crippen LogP contribution is 2.31. The van der Waals surface area contributed by atoms with Gasteiger partial charge in [0.2, 0.25) is 5.89 Å². The lowest BCUT2D eigenvalue weighted by atomic mass is 9.96. The molecule has 1 fully saturated rings. The van der Waals surface area contributed by atoms with Gasteiger partial charge in [-0.2, -0.15) is 0 Å². The molecule has 1 atom stereocenters. The fourth-order valence-corrected chi connectivity index (χ4v) is 4.67. The van der Waals surface area contributed by atoms with Crippen LogP contribution >= 0.6 is 0 Å². The van der Waals surface area contributed by atoms with Crippen LogP contribution in [0.3, 0.4) is 0 Å². The molecule has 7 heteroatoms. The van der Waals surface area contributed by atoms with Crippen LogP contribution in [0.2, 0.25) is 0 Å². The summed E-state index contributed by atoms with van der Waals surface area (Å²) in [5, 5.41) is 8.72. The van der Waals surface area contributed by atoms with Gasteiger partial charge in [-0.1, -0.05) is 48.5 Å². The monoisotopic (exact) mass is 449 g/mol. The van der Waals surface area contributed by atoms with Gasteiger partial charge in [0, 0.05) is 36.3 Å². The van der Waals surface area contributed by atoms with Gasteiger partial charge in [-0.05, 0) is 37.1 Å². The van der Waals surface area contributed by atoms with Crippen LogP contribution in [0, 0.1) is 0 Å². The van der Waals surface area contributed by atoms with Crippen molar-refractivity contribution >= 4 is 11.6 Å². The molecule has 34 heavy (non-hydrogen) atoms. The molecule has 7 nitrogen and oxygen atoms in total. The van der Waals surface area contributed by atoms with Gasteiger partial charge in [-0.3, -0.25) is 9.20 Å². The first kappa shape index (κ1) is 20.4. The summed E-state index contributed by atoms with van der Waals surface area (Å²) in [6, 6.07) is 23.2. The van der Waals surface area contributed by atoms with E-state index in [-0.39, 0.29) is 11.8 Å². The van der Waals surface area contributed by atoms with Crippen LogP contribution in [0.1, 0.15) is 34.9 Å². The topological polar surface area (TPSA) is 76.5 Å². The molecule has 0 N–H and O–H groups in total. The van der Waals surface area contributed by atoms with Crippen LogP contribution in [0.25, 0.3) is 28.4 Å². The smallest absolute Gasteiger partial charge is 0.254 e. The molecule has 0 spiro atoms. The summed E-state index contributed by atoms with van der Waals surface area (Å²) in [4.78, 5) is 20.1. The lowest BCUT2D eigenvalue weighted by Crippen LogP contribution is -2.39. The number of carbonyl (C=O) groups is 1. The standard InChI is InChI=1S/C27H23N5O2/c33-27(31-15-8-11-20(18-31)25-30-29-24-14-6-7-16-32(24)25)22-13-5-4-12-21(22)26-28-17-23(34-26)19-9-2-1-3-10-19/h1-7,9-10,12-14,16-17,20H,8,11,15,18H2/t20-/m1/s1. The van der Waals surface area contributed by atoms with E-state index in [4.69, 9.17) is 4.42 Å². The van der Waals surface area contributed by atoms with Gasteiger partial charge in [0.25, 0.3) is 5.91 Å². The fraction of sp³-hybridized carbons (Fsp3) is 0.185. The minimum Gasteiger partial charge on any atom is -0.436 e. The molecular formula is C27H23N5O2. The van der Waals surface area contributed by atoms with Crippen LogP contribution in [0.5, 0.6) is 0 Å². The van der Waals surface area contributed by atoms with E-state index in [0.717, 1.165) is 29.9 Å². The molecule has 1 amide bonds. The van der Waals surface area contributed by atoms with Gasteiger partial charge in [0.05, 0.1) is 11.8 Å². The molecule has 0 bridgehead atoms. The first-order chi connectivity index (χ1) is 16.8. The Balaban J connectivity index is 1.28. The predicted molar refractivity (Wildman–Crippen MR) is 128 cm³/mol. The van der Waals surface area contributed by atoms with Crippen molar-refractivity contribution in [3.05, 3.63) is 96.6 Å². The molecule has 0 radical (unpaired) electrons. The normalized spacial score (nSPS) is 16.1. The molecule has 1 saturated heterocycles. The Hall–Kier alpha value is -4.26. The van der Waals surface area contributed by atoms with E-state index in [0.29, 0.717) is 35.9 Å². The number of hydrogen-bond donors (Lipinski definition) is 0.